The summed E-state index contributed by atoms with van der Waals surface area (Å²) < 4.78 is 0. The zero-order valence-corrected chi connectivity index (χ0v) is 18.3. The molecule has 0 unspecified atom stereocenters. The SMILES string of the molecule is Cl.Cl.Cl.O=C(O)c1cc(C(=O)O)cc(C(=O)O)c1.O=C(O)c1cc(C(=O)O)cc(C(=O)O)c1. The molecule has 0 aliphatic carbocycles. The summed E-state index contributed by atoms with van der Waals surface area (Å²) in [6.45, 7) is 0. The van der Waals surface area contributed by atoms with Gasteiger partial charge in [-0.2, -0.15) is 0 Å². The maximum atomic E-state index is 10.6. The summed E-state index contributed by atoms with van der Waals surface area (Å²) in [5, 5.41) is 51.7. The molecule has 0 bridgehead atoms. The first-order valence-corrected chi connectivity index (χ1v) is 7.53. The van der Waals surface area contributed by atoms with Gasteiger partial charge in [-0.15, -0.1) is 37.2 Å². The van der Waals surface area contributed by atoms with Gasteiger partial charge in [-0.05, 0) is 36.4 Å². The minimum Gasteiger partial charge on any atom is -0.478 e. The molecule has 15 heteroatoms. The van der Waals surface area contributed by atoms with E-state index in [0.717, 1.165) is 36.4 Å². The van der Waals surface area contributed by atoms with E-state index in [9.17, 15) is 28.8 Å². The Bertz CT molecular complexity index is 838. The van der Waals surface area contributed by atoms with E-state index in [1.807, 2.05) is 0 Å². The van der Waals surface area contributed by atoms with Gasteiger partial charge in [-0.3, -0.25) is 0 Å². The highest BCUT2D eigenvalue weighted by molar-refractivity contribution is 5.99. The van der Waals surface area contributed by atoms with Crippen LogP contribution in [0.1, 0.15) is 62.1 Å². The van der Waals surface area contributed by atoms with E-state index in [-0.39, 0.29) is 70.6 Å². The lowest BCUT2D eigenvalue weighted by Crippen LogP contribution is -2.07. The molecule has 0 heterocycles. The number of carboxylic acid groups (broad SMARTS) is 6. The Morgan fingerprint density at radius 2 is 0.424 bits per heavy atom. The smallest absolute Gasteiger partial charge is 0.335 e. The van der Waals surface area contributed by atoms with Crippen LogP contribution in [-0.2, 0) is 0 Å². The van der Waals surface area contributed by atoms with Gasteiger partial charge in [0.25, 0.3) is 0 Å². The summed E-state index contributed by atoms with van der Waals surface area (Å²) in [5.74, 6) is -8.25. The molecule has 0 spiro atoms. The molecule has 0 radical (unpaired) electrons. The fraction of sp³-hybridized carbons (Fsp3) is 0. The molecular weight excluding hydrogens is 515 g/mol. The van der Waals surface area contributed by atoms with Crippen LogP contribution in [0.5, 0.6) is 0 Å². The average molecular weight is 530 g/mol. The molecule has 0 aliphatic heterocycles. The normalized spacial score (nSPS) is 8.73. The predicted molar refractivity (Wildman–Crippen MR) is 116 cm³/mol. The van der Waals surface area contributed by atoms with Gasteiger partial charge in [0.1, 0.15) is 0 Å². The zero-order valence-electron chi connectivity index (χ0n) is 15.8. The van der Waals surface area contributed by atoms with Gasteiger partial charge in [0.15, 0.2) is 0 Å². The Hall–Kier alpha value is -3.87. The highest BCUT2D eigenvalue weighted by Gasteiger charge is 2.15. The van der Waals surface area contributed by atoms with Gasteiger partial charge in [0.05, 0.1) is 33.4 Å². The molecule has 0 fully saturated rings. The maximum absolute atomic E-state index is 10.6. The minimum absolute atomic E-state index is 0. The van der Waals surface area contributed by atoms with Crippen LogP contribution in [0, 0.1) is 0 Å². The van der Waals surface area contributed by atoms with Crippen molar-refractivity contribution in [3.05, 3.63) is 69.8 Å². The Morgan fingerprint density at radius 3 is 0.485 bits per heavy atom. The van der Waals surface area contributed by atoms with Crippen molar-refractivity contribution in [2.45, 2.75) is 0 Å². The second-order valence-corrected chi connectivity index (χ2v) is 5.43. The predicted octanol–water partition coefficient (Wildman–Crippen LogP) is 2.83. The highest BCUT2D eigenvalue weighted by atomic mass is 35.5. The molecule has 12 nitrogen and oxygen atoms in total. The first-order chi connectivity index (χ1) is 13.8. The molecule has 0 amide bonds. The van der Waals surface area contributed by atoms with E-state index in [4.69, 9.17) is 30.6 Å². The number of benzene rings is 2. The highest BCUT2D eigenvalue weighted by Crippen LogP contribution is 2.12. The fourth-order valence-corrected chi connectivity index (χ4v) is 2.00. The van der Waals surface area contributed by atoms with Gasteiger partial charge in [-0.25, -0.2) is 28.8 Å². The number of carboxylic acids is 6. The van der Waals surface area contributed by atoms with Crippen LogP contribution < -0.4 is 0 Å². The van der Waals surface area contributed by atoms with Gasteiger partial charge in [0, 0.05) is 0 Å². The Labute approximate surface area is 202 Å². The average Bonchev–Trinajstić information content (AvgIpc) is 2.67. The maximum Gasteiger partial charge on any atom is 0.335 e. The third-order valence-corrected chi connectivity index (χ3v) is 3.35. The summed E-state index contributed by atoms with van der Waals surface area (Å²) in [6, 6.07) is 5.40. The molecule has 2 aromatic rings. The van der Waals surface area contributed by atoms with E-state index in [0.29, 0.717) is 0 Å². The van der Waals surface area contributed by atoms with Crippen molar-refractivity contribution in [3.8, 4) is 0 Å². The number of aromatic carboxylic acids is 6. The van der Waals surface area contributed by atoms with E-state index in [1.54, 1.807) is 0 Å². The van der Waals surface area contributed by atoms with Crippen LogP contribution in [0.4, 0.5) is 0 Å². The summed E-state index contributed by atoms with van der Waals surface area (Å²) in [7, 11) is 0. The summed E-state index contributed by atoms with van der Waals surface area (Å²) in [4.78, 5) is 63.4. The number of halogens is 3. The van der Waals surface area contributed by atoms with E-state index >= 15 is 0 Å². The second-order valence-electron chi connectivity index (χ2n) is 5.43. The number of hydrogen-bond acceptors (Lipinski definition) is 6. The molecular formula is C18H15Cl3O12. The third-order valence-electron chi connectivity index (χ3n) is 3.35. The number of carbonyl (C=O) groups is 6. The molecule has 33 heavy (non-hydrogen) atoms. The lowest BCUT2D eigenvalue weighted by atomic mass is 10.1. The monoisotopic (exact) mass is 528 g/mol. The standard InChI is InChI=1S/2C9H6O6.3ClH/c2*10-7(11)4-1-5(8(12)13)3-6(2-4)9(14)15;;;/h2*1-3H,(H,10,11)(H,12,13)(H,14,15);3*1H. The van der Waals surface area contributed by atoms with Gasteiger partial charge in [0.2, 0.25) is 0 Å². The Kier molecular flexibility index (Phi) is 14.6. The van der Waals surface area contributed by atoms with Crippen LogP contribution >= 0.6 is 37.2 Å². The second kappa shape index (κ2) is 14.2. The van der Waals surface area contributed by atoms with Crippen LogP contribution in [0.25, 0.3) is 0 Å². The minimum atomic E-state index is -1.37. The fourth-order valence-electron chi connectivity index (χ4n) is 2.00. The van der Waals surface area contributed by atoms with E-state index < -0.39 is 35.8 Å². The van der Waals surface area contributed by atoms with Gasteiger partial charge in [-0.1, -0.05) is 0 Å². The number of rotatable bonds is 6. The molecule has 0 atom stereocenters. The van der Waals surface area contributed by atoms with E-state index in [2.05, 4.69) is 0 Å². The van der Waals surface area contributed by atoms with Crippen LogP contribution in [-0.4, -0.2) is 66.5 Å². The Balaban J connectivity index is -0.000000500. The van der Waals surface area contributed by atoms with Crippen molar-refractivity contribution >= 4 is 73.0 Å². The van der Waals surface area contributed by atoms with Crippen molar-refractivity contribution in [1.82, 2.24) is 0 Å². The quantitative estimate of drug-likeness (QED) is 0.317. The van der Waals surface area contributed by atoms with E-state index in [1.165, 1.54) is 0 Å². The number of hydrogen-bond donors (Lipinski definition) is 6. The summed E-state index contributed by atoms with van der Waals surface area (Å²) in [5.41, 5.74) is -2.21. The van der Waals surface area contributed by atoms with Crippen molar-refractivity contribution in [1.29, 1.82) is 0 Å². The summed E-state index contributed by atoms with van der Waals surface area (Å²) >= 11 is 0. The van der Waals surface area contributed by atoms with Crippen molar-refractivity contribution in [3.63, 3.8) is 0 Å². The van der Waals surface area contributed by atoms with Crippen LogP contribution in [0.2, 0.25) is 0 Å². The van der Waals surface area contributed by atoms with Crippen molar-refractivity contribution in [2.75, 3.05) is 0 Å². The largest absolute Gasteiger partial charge is 0.478 e. The first kappa shape index (κ1) is 33.8. The van der Waals surface area contributed by atoms with Crippen molar-refractivity contribution < 1.29 is 59.4 Å². The molecule has 0 saturated heterocycles. The summed E-state index contributed by atoms with van der Waals surface area (Å²) in [6.07, 6.45) is 0. The molecule has 0 aliphatic rings. The van der Waals surface area contributed by atoms with Crippen molar-refractivity contribution in [2.24, 2.45) is 0 Å². The topological polar surface area (TPSA) is 224 Å². The van der Waals surface area contributed by atoms with Crippen LogP contribution in [0.15, 0.2) is 36.4 Å². The third kappa shape index (κ3) is 9.86. The van der Waals surface area contributed by atoms with Crippen LogP contribution in [0.3, 0.4) is 0 Å². The zero-order chi connectivity index (χ0) is 23.2. The van der Waals surface area contributed by atoms with Gasteiger partial charge >= 0.3 is 35.8 Å². The molecule has 180 valence electrons. The lowest BCUT2D eigenvalue weighted by Gasteiger charge is -2.00. The molecule has 0 aromatic heterocycles. The lowest BCUT2D eigenvalue weighted by molar-refractivity contribution is 0.0666. The Morgan fingerprint density at radius 1 is 0.333 bits per heavy atom. The first-order valence-electron chi connectivity index (χ1n) is 7.53. The molecule has 2 aromatic carbocycles. The molecule has 2 rings (SSSR count). The van der Waals surface area contributed by atoms with Gasteiger partial charge < -0.3 is 30.6 Å². The molecule has 6 N–H and O–H groups in total. The molecule has 0 saturated carbocycles.